The molecule has 1 aromatic rings. The lowest BCUT2D eigenvalue weighted by Gasteiger charge is -2.15. The molecule has 0 amide bonds. The lowest BCUT2D eigenvalue weighted by atomic mass is 10.1. The first-order valence-electron chi connectivity index (χ1n) is 7.52. The molecule has 118 valence electrons. The van der Waals surface area contributed by atoms with Gasteiger partial charge >= 0.3 is 0 Å². The minimum Gasteiger partial charge on any atom is -0.490 e. The van der Waals surface area contributed by atoms with E-state index in [9.17, 15) is 4.39 Å². The fourth-order valence-corrected chi connectivity index (χ4v) is 2.42. The maximum Gasteiger partial charge on any atom is 0.165 e. The summed E-state index contributed by atoms with van der Waals surface area (Å²) in [6.45, 7) is 3.24. The summed E-state index contributed by atoms with van der Waals surface area (Å²) in [5, 5.41) is 3.21. The van der Waals surface area contributed by atoms with Crippen LogP contribution in [0, 0.1) is 5.82 Å². The number of halogens is 1. The van der Waals surface area contributed by atoms with Crippen LogP contribution >= 0.6 is 0 Å². The number of ether oxygens (including phenoxy) is 3. The minimum atomic E-state index is -0.312. The molecule has 1 aliphatic rings. The molecule has 0 spiro atoms. The summed E-state index contributed by atoms with van der Waals surface area (Å²) in [7, 11) is 1.66. The molecule has 1 fully saturated rings. The van der Waals surface area contributed by atoms with E-state index < -0.39 is 0 Å². The first kappa shape index (κ1) is 16.2. The van der Waals surface area contributed by atoms with Crippen LogP contribution in [0.1, 0.15) is 24.8 Å². The van der Waals surface area contributed by atoms with Gasteiger partial charge in [-0.15, -0.1) is 0 Å². The van der Waals surface area contributed by atoms with Crippen molar-refractivity contribution >= 4 is 0 Å². The van der Waals surface area contributed by atoms with Crippen LogP contribution in [0.15, 0.2) is 18.2 Å². The molecule has 0 radical (unpaired) electrons. The average Bonchev–Trinajstić information content (AvgIpc) is 2.99. The number of hydrogen-bond donors (Lipinski definition) is 1. The van der Waals surface area contributed by atoms with E-state index in [0.717, 1.165) is 38.0 Å². The third kappa shape index (κ3) is 5.26. The molecular weight excluding hydrogens is 273 g/mol. The molecule has 1 N–H and O–H groups in total. The van der Waals surface area contributed by atoms with Crippen LogP contribution in [0.5, 0.6) is 5.75 Å². The number of rotatable bonds is 9. The molecule has 0 aliphatic carbocycles. The molecule has 1 atom stereocenters. The van der Waals surface area contributed by atoms with Gasteiger partial charge in [-0.1, -0.05) is 12.1 Å². The van der Waals surface area contributed by atoms with Gasteiger partial charge in [0.25, 0.3) is 0 Å². The molecule has 21 heavy (non-hydrogen) atoms. The number of benzene rings is 1. The summed E-state index contributed by atoms with van der Waals surface area (Å²) < 4.78 is 30.1. The Bertz CT molecular complexity index is 422. The van der Waals surface area contributed by atoms with Crippen molar-refractivity contribution in [3.05, 3.63) is 29.6 Å². The van der Waals surface area contributed by atoms with Crippen LogP contribution < -0.4 is 10.1 Å². The Morgan fingerprint density at radius 1 is 1.38 bits per heavy atom. The number of nitrogens with one attached hydrogen (secondary N) is 1. The highest BCUT2D eigenvalue weighted by Gasteiger charge is 2.16. The smallest absolute Gasteiger partial charge is 0.165 e. The van der Waals surface area contributed by atoms with E-state index in [1.165, 1.54) is 6.07 Å². The van der Waals surface area contributed by atoms with Crippen molar-refractivity contribution in [2.24, 2.45) is 0 Å². The highest BCUT2D eigenvalue weighted by Crippen LogP contribution is 2.24. The maximum atomic E-state index is 13.9. The fourth-order valence-electron chi connectivity index (χ4n) is 2.42. The molecule has 1 saturated heterocycles. The zero-order valence-electron chi connectivity index (χ0n) is 12.6. The van der Waals surface area contributed by atoms with E-state index in [1.807, 2.05) is 6.07 Å². The zero-order valence-corrected chi connectivity index (χ0v) is 12.6. The Balaban J connectivity index is 1.83. The summed E-state index contributed by atoms with van der Waals surface area (Å²) in [4.78, 5) is 0. The molecule has 5 heteroatoms. The minimum absolute atomic E-state index is 0.264. The summed E-state index contributed by atoms with van der Waals surface area (Å²) in [5.74, 6) is 0.0359. The van der Waals surface area contributed by atoms with Crippen molar-refractivity contribution < 1.29 is 18.6 Å². The quantitative estimate of drug-likeness (QED) is 0.711. The van der Waals surface area contributed by atoms with Crippen LogP contribution in [-0.2, 0) is 16.0 Å². The van der Waals surface area contributed by atoms with Crippen molar-refractivity contribution in [1.82, 2.24) is 5.32 Å². The average molecular weight is 297 g/mol. The second kappa shape index (κ2) is 8.97. The first-order chi connectivity index (χ1) is 10.3. The normalized spacial score (nSPS) is 18.1. The monoisotopic (exact) mass is 297 g/mol. The lowest BCUT2D eigenvalue weighted by molar-refractivity contribution is 0.0895. The topological polar surface area (TPSA) is 39.7 Å². The Labute approximate surface area is 125 Å². The van der Waals surface area contributed by atoms with Crippen molar-refractivity contribution in [2.45, 2.75) is 31.9 Å². The molecule has 0 bridgehead atoms. The van der Waals surface area contributed by atoms with Gasteiger partial charge in [-0.2, -0.15) is 0 Å². The van der Waals surface area contributed by atoms with Gasteiger partial charge in [0.15, 0.2) is 11.6 Å². The molecule has 2 rings (SSSR count). The molecule has 0 aromatic heterocycles. The Morgan fingerprint density at radius 3 is 3.05 bits per heavy atom. The molecule has 0 saturated carbocycles. The SMILES string of the molecule is COCCNCc1cccc(F)c1OCCC1CCCO1. The van der Waals surface area contributed by atoms with Gasteiger partial charge in [0.05, 0.1) is 19.3 Å². The molecular formula is C16H24FNO3. The van der Waals surface area contributed by atoms with Crippen LogP contribution in [0.25, 0.3) is 0 Å². The van der Waals surface area contributed by atoms with Gasteiger partial charge in [-0.05, 0) is 18.9 Å². The van der Waals surface area contributed by atoms with Crippen LogP contribution in [0.4, 0.5) is 4.39 Å². The number of methoxy groups -OCH3 is 1. The summed E-state index contributed by atoms with van der Waals surface area (Å²) in [6.07, 6.45) is 3.26. The second-order valence-corrected chi connectivity index (χ2v) is 5.17. The van der Waals surface area contributed by atoms with E-state index in [2.05, 4.69) is 5.32 Å². The second-order valence-electron chi connectivity index (χ2n) is 5.17. The van der Waals surface area contributed by atoms with Crippen molar-refractivity contribution in [2.75, 3.05) is 33.5 Å². The molecule has 1 aliphatic heterocycles. The molecule has 1 heterocycles. The fraction of sp³-hybridized carbons (Fsp3) is 0.625. The highest BCUT2D eigenvalue weighted by molar-refractivity contribution is 5.34. The Morgan fingerprint density at radius 2 is 2.29 bits per heavy atom. The summed E-state index contributed by atoms with van der Waals surface area (Å²) in [6, 6.07) is 5.01. The van der Waals surface area contributed by atoms with Gasteiger partial charge in [-0.25, -0.2) is 4.39 Å². The van der Waals surface area contributed by atoms with Crippen molar-refractivity contribution in [3.8, 4) is 5.75 Å². The predicted octanol–water partition coefficient (Wildman–Crippen LogP) is 2.51. The van der Waals surface area contributed by atoms with Gasteiger partial charge in [0.2, 0.25) is 0 Å². The summed E-state index contributed by atoms with van der Waals surface area (Å²) in [5.41, 5.74) is 0.832. The van der Waals surface area contributed by atoms with E-state index >= 15 is 0 Å². The third-order valence-electron chi connectivity index (χ3n) is 3.56. The van der Waals surface area contributed by atoms with E-state index in [0.29, 0.717) is 25.5 Å². The van der Waals surface area contributed by atoms with Gasteiger partial charge < -0.3 is 19.5 Å². The zero-order chi connectivity index (χ0) is 14.9. The first-order valence-corrected chi connectivity index (χ1v) is 7.52. The predicted molar refractivity (Wildman–Crippen MR) is 79.1 cm³/mol. The lowest BCUT2D eigenvalue weighted by Crippen LogP contribution is -2.19. The van der Waals surface area contributed by atoms with Crippen molar-refractivity contribution in [3.63, 3.8) is 0 Å². The maximum absolute atomic E-state index is 13.9. The van der Waals surface area contributed by atoms with E-state index in [1.54, 1.807) is 13.2 Å². The number of para-hydroxylation sites is 1. The molecule has 1 unspecified atom stereocenters. The number of hydrogen-bond acceptors (Lipinski definition) is 4. The molecule has 4 nitrogen and oxygen atoms in total. The van der Waals surface area contributed by atoms with Gasteiger partial charge in [0.1, 0.15) is 0 Å². The van der Waals surface area contributed by atoms with Crippen LogP contribution in [-0.4, -0.2) is 39.6 Å². The van der Waals surface area contributed by atoms with Gasteiger partial charge in [0, 0.05) is 38.8 Å². The van der Waals surface area contributed by atoms with Gasteiger partial charge in [-0.3, -0.25) is 0 Å². The standard InChI is InChI=1S/C16H24FNO3/c1-19-11-8-18-12-13-4-2-6-15(17)16(13)21-10-7-14-5-3-9-20-14/h2,4,6,14,18H,3,5,7-12H2,1H3. The Hall–Kier alpha value is -1.17. The van der Waals surface area contributed by atoms with Crippen LogP contribution in [0.3, 0.4) is 0 Å². The molecule has 1 aromatic carbocycles. The van der Waals surface area contributed by atoms with E-state index in [-0.39, 0.29) is 11.9 Å². The van der Waals surface area contributed by atoms with Crippen LogP contribution in [0.2, 0.25) is 0 Å². The Kier molecular flexibility index (Phi) is 6.92. The highest BCUT2D eigenvalue weighted by atomic mass is 19.1. The van der Waals surface area contributed by atoms with Crippen molar-refractivity contribution in [1.29, 1.82) is 0 Å². The third-order valence-corrected chi connectivity index (χ3v) is 3.56. The largest absolute Gasteiger partial charge is 0.490 e. The van der Waals surface area contributed by atoms with E-state index in [4.69, 9.17) is 14.2 Å². The summed E-state index contributed by atoms with van der Waals surface area (Å²) >= 11 is 0.